The van der Waals surface area contributed by atoms with Crippen molar-refractivity contribution >= 4 is 28.6 Å². The average molecular weight is 419 g/mol. The van der Waals surface area contributed by atoms with Crippen molar-refractivity contribution in [3.63, 3.8) is 0 Å². The molecule has 1 atom stereocenters. The largest absolute Gasteiger partial charge is 0.465 e. The summed E-state index contributed by atoms with van der Waals surface area (Å²) < 4.78 is 0. The number of amides is 1. The summed E-state index contributed by atoms with van der Waals surface area (Å²) in [6.07, 6.45) is 3.43. The molecule has 0 spiro atoms. The molecule has 8 nitrogen and oxygen atoms in total. The third kappa shape index (κ3) is 3.62. The summed E-state index contributed by atoms with van der Waals surface area (Å²) in [6, 6.07) is 12.3. The molecule has 8 heteroatoms. The van der Waals surface area contributed by atoms with E-state index >= 15 is 0 Å². The maximum Gasteiger partial charge on any atom is 0.407 e. The lowest BCUT2D eigenvalue weighted by molar-refractivity contribution is 0.131. The van der Waals surface area contributed by atoms with Crippen LogP contribution in [0, 0.1) is 0 Å². The number of carboxylic acid groups (broad SMARTS) is 1. The molecule has 2 fully saturated rings. The van der Waals surface area contributed by atoms with E-state index < -0.39 is 6.09 Å². The number of anilines is 2. The topological polar surface area (TPSA) is 85.7 Å². The second-order valence-electron chi connectivity index (χ2n) is 8.19. The minimum absolute atomic E-state index is 0.00274. The summed E-state index contributed by atoms with van der Waals surface area (Å²) in [5, 5.41) is 10.6. The number of aromatic nitrogens is 3. The van der Waals surface area contributed by atoms with Crippen LogP contribution in [0.4, 0.5) is 16.4 Å². The maximum atomic E-state index is 11.5. The highest BCUT2D eigenvalue weighted by Crippen LogP contribution is 2.35. The highest BCUT2D eigenvalue weighted by molar-refractivity contribution is 5.80. The molecule has 3 aromatic rings. The fourth-order valence-electron chi connectivity index (χ4n) is 4.68. The van der Waals surface area contributed by atoms with Crippen molar-refractivity contribution in [3.05, 3.63) is 54.5 Å². The maximum absolute atomic E-state index is 11.5. The molecule has 31 heavy (non-hydrogen) atoms. The number of hydrogen-bond donors (Lipinski definition) is 1. The number of benzene rings is 1. The van der Waals surface area contributed by atoms with Crippen LogP contribution in [0.3, 0.4) is 0 Å². The van der Waals surface area contributed by atoms with Gasteiger partial charge in [-0.1, -0.05) is 18.2 Å². The zero-order chi connectivity index (χ0) is 21.4. The number of nitrogens with zero attached hydrogens (tertiary/aromatic N) is 6. The molecular formula is C23H26N6O2. The van der Waals surface area contributed by atoms with Crippen molar-refractivity contribution in [2.45, 2.75) is 25.3 Å². The van der Waals surface area contributed by atoms with E-state index in [4.69, 9.17) is 4.98 Å². The Hall–Kier alpha value is -3.42. The van der Waals surface area contributed by atoms with Crippen molar-refractivity contribution in [2.24, 2.45) is 0 Å². The summed E-state index contributed by atoms with van der Waals surface area (Å²) in [4.78, 5) is 31.6. The van der Waals surface area contributed by atoms with Crippen molar-refractivity contribution in [2.75, 3.05) is 42.5 Å². The van der Waals surface area contributed by atoms with Gasteiger partial charge >= 0.3 is 6.09 Å². The van der Waals surface area contributed by atoms with Crippen LogP contribution in [0.25, 0.3) is 10.9 Å². The summed E-state index contributed by atoms with van der Waals surface area (Å²) in [7, 11) is 0. The molecule has 160 valence electrons. The monoisotopic (exact) mass is 418 g/mol. The van der Waals surface area contributed by atoms with Crippen LogP contribution < -0.4 is 9.80 Å². The molecule has 2 aromatic heterocycles. The van der Waals surface area contributed by atoms with Gasteiger partial charge in [0.25, 0.3) is 0 Å². The van der Waals surface area contributed by atoms with Crippen LogP contribution in [0.1, 0.15) is 25.0 Å². The van der Waals surface area contributed by atoms with Gasteiger partial charge in [0, 0.05) is 56.4 Å². The molecular weight excluding hydrogens is 392 g/mol. The SMILES string of the molecule is CCN(C(=O)O)C1CCN(c2nccnc2C2CN(c3ccc4ccccc4n3)C2)C1. The molecule has 2 saturated heterocycles. The first kappa shape index (κ1) is 19.5. The number of carbonyl (C=O) groups is 1. The molecule has 1 amide bonds. The normalized spacial score (nSPS) is 18.9. The standard InChI is InChI=1S/C23H26N6O2/c1-2-29(23(30)31)18-9-12-27(15-18)22-21(24-10-11-25-22)17-13-28(14-17)20-8-7-16-5-3-4-6-19(16)26-20/h3-8,10-11,17-18H,2,9,12-15H2,1H3,(H,30,31). The van der Waals surface area contributed by atoms with Gasteiger partial charge in [0.05, 0.1) is 17.3 Å². The number of para-hydroxylation sites is 1. The first-order valence-electron chi connectivity index (χ1n) is 10.8. The fraction of sp³-hybridized carbons (Fsp3) is 0.391. The molecule has 4 heterocycles. The minimum atomic E-state index is -0.855. The number of rotatable bonds is 5. The molecule has 0 bridgehead atoms. The van der Waals surface area contributed by atoms with Gasteiger partial charge in [-0.2, -0.15) is 0 Å². The Morgan fingerprint density at radius 2 is 1.90 bits per heavy atom. The van der Waals surface area contributed by atoms with E-state index in [0.717, 1.165) is 54.3 Å². The van der Waals surface area contributed by atoms with Crippen molar-refractivity contribution in [3.8, 4) is 0 Å². The van der Waals surface area contributed by atoms with E-state index in [1.54, 1.807) is 12.4 Å². The number of hydrogen-bond acceptors (Lipinski definition) is 6. The zero-order valence-corrected chi connectivity index (χ0v) is 17.6. The third-order valence-corrected chi connectivity index (χ3v) is 6.37. The van der Waals surface area contributed by atoms with Gasteiger partial charge in [0.15, 0.2) is 5.82 Å². The lowest BCUT2D eigenvalue weighted by atomic mass is 9.95. The Morgan fingerprint density at radius 1 is 1.10 bits per heavy atom. The minimum Gasteiger partial charge on any atom is -0.465 e. The Labute approximate surface area is 181 Å². The van der Waals surface area contributed by atoms with E-state index in [-0.39, 0.29) is 12.0 Å². The molecule has 5 rings (SSSR count). The van der Waals surface area contributed by atoms with Gasteiger partial charge in [-0.25, -0.2) is 14.8 Å². The second kappa shape index (κ2) is 8.02. The molecule has 2 aliphatic heterocycles. The smallest absolute Gasteiger partial charge is 0.407 e. The molecule has 0 radical (unpaired) electrons. The summed E-state index contributed by atoms with van der Waals surface area (Å²) in [5.41, 5.74) is 2.00. The molecule has 2 aliphatic rings. The first-order valence-corrected chi connectivity index (χ1v) is 10.8. The van der Waals surface area contributed by atoms with Crippen LogP contribution in [-0.2, 0) is 0 Å². The van der Waals surface area contributed by atoms with Crippen LogP contribution in [-0.4, -0.2) is 69.8 Å². The van der Waals surface area contributed by atoms with Crippen LogP contribution in [0.15, 0.2) is 48.8 Å². The number of fused-ring (bicyclic) bond motifs is 1. The quantitative estimate of drug-likeness (QED) is 0.681. The molecule has 0 saturated carbocycles. The van der Waals surface area contributed by atoms with E-state index in [1.165, 1.54) is 4.90 Å². The van der Waals surface area contributed by atoms with E-state index in [1.807, 2.05) is 25.1 Å². The Morgan fingerprint density at radius 3 is 2.71 bits per heavy atom. The Bertz CT molecular complexity index is 1100. The van der Waals surface area contributed by atoms with Crippen LogP contribution in [0.2, 0.25) is 0 Å². The van der Waals surface area contributed by atoms with Gasteiger partial charge in [0.1, 0.15) is 5.82 Å². The van der Waals surface area contributed by atoms with Gasteiger partial charge < -0.3 is 19.8 Å². The number of pyridine rings is 1. The van der Waals surface area contributed by atoms with E-state index in [9.17, 15) is 9.90 Å². The number of likely N-dealkylation sites (N-methyl/N-ethyl adjacent to an activating group) is 1. The van der Waals surface area contributed by atoms with Crippen molar-refractivity contribution in [1.82, 2.24) is 19.9 Å². The molecule has 1 aromatic carbocycles. The third-order valence-electron chi connectivity index (χ3n) is 6.37. The van der Waals surface area contributed by atoms with Gasteiger partial charge in [-0.3, -0.25) is 4.98 Å². The van der Waals surface area contributed by atoms with E-state index in [2.05, 4.69) is 38.0 Å². The van der Waals surface area contributed by atoms with Gasteiger partial charge in [-0.15, -0.1) is 0 Å². The summed E-state index contributed by atoms with van der Waals surface area (Å²) in [5.74, 6) is 2.17. The lowest BCUT2D eigenvalue weighted by Crippen LogP contribution is -2.46. The predicted octanol–water partition coefficient (Wildman–Crippen LogP) is 3.21. The fourth-order valence-corrected chi connectivity index (χ4v) is 4.68. The highest BCUT2D eigenvalue weighted by atomic mass is 16.4. The summed E-state index contributed by atoms with van der Waals surface area (Å²) in [6.45, 7) is 5.54. The molecule has 1 N–H and O–H groups in total. The zero-order valence-electron chi connectivity index (χ0n) is 17.6. The Kier molecular flexibility index (Phi) is 5.05. The Balaban J connectivity index is 1.30. The van der Waals surface area contributed by atoms with Crippen molar-refractivity contribution < 1.29 is 9.90 Å². The predicted molar refractivity (Wildman–Crippen MR) is 120 cm³/mol. The highest BCUT2D eigenvalue weighted by Gasteiger charge is 2.36. The van der Waals surface area contributed by atoms with Crippen LogP contribution >= 0.6 is 0 Å². The van der Waals surface area contributed by atoms with Gasteiger partial charge in [-0.05, 0) is 31.5 Å². The van der Waals surface area contributed by atoms with Crippen molar-refractivity contribution in [1.29, 1.82) is 0 Å². The summed E-state index contributed by atoms with van der Waals surface area (Å²) >= 11 is 0. The van der Waals surface area contributed by atoms with E-state index in [0.29, 0.717) is 13.1 Å². The molecule has 0 aliphatic carbocycles. The second-order valence-corrected chi connectivity index (χ2v) is 8.19. The molecule has 1 unspecified atom stereocenters. The lowest BCUT2D eigenvalue weighted by Gasteiger charge is -2.40. The van der Waals surface area contributed by atoms with Gasteiger partial charge in [0.2, 0.25) is 0 Å². The van der Waals surface area contributed by atoms with Crippen LogP contribution in [0.5, 0.6) is 0 Å². The first-order chi connectivity index (χ1) is 15.1. The average Bonchev–Trinajstić information content (AvgIpc) is 3.23.